The second-order valence-electron chi connectivity index (χ2n) is 2.44. The van der Waals surface area contributed by atoms with Crippen molar-refractivity contribution in [3.63, 3.8) is 0 Å². The number of hydrogen-bond acceptors (Lipinski definition) is 4. The van der Waals surface area contributed by atoms with E-state index in [0.29, 0.717) is 4.90 Å². The Morgan fingerprint density at radius 3 is 1.85 bits per heavy atom. The van der Waals surface area contributed by atoms with Crippen LogP contribution in [0.1, 0.15) is 13.8 Å². The van der Waals surface area contributed by atoms with E-state index in [1.165, 1.54) is 0 Å². The van der Waals surface area contributed by atoms with Gasteiger partial charge in [-0.15, -0.1) is 0 Å². The molecule has 0 spiro atoms. The molecule has 3 amide bonds. The molecule has 0 aliphatic heterocycles. The number of rotatable bonds is 2. The van der Waals surface area contributed by atoms with Crippen molar-refractivity contribution >= 4 is 17.7 Å². The summed E-state index contributed by atoms with van der Waals surface area (Å²) < 4.78 is 0. The molecule has 0 radical (unpaired) electrons. The molecule has 0 unspecified atom stereocenters. The number of carbonyl (C=O) groups is 3. The lowest BCUT2D eigenvalue weighted by Gasteiger charge is -2.14. The van der Waals surface area contributed by atoms with Crippen LogP contribution in [0, 0.1) is 0 Å². The molecule has 0 saturated carbocycles. The fourth-order valence-corrected chi connectivity index (χ4v) is 0.733. The number of carbonyl (C=O) groups excluding carboxylic acids is 3. The quantitative estimate of drug-likeness (QED) is 0.586. The number of nitrogens with zero attached hydrogens (tertiary/aromatic N) is 1. The Bertz CT molecular complexity index is 255. The molecule has 0 aliphatic rings. The standard InChI is InChI=1S/C8H11NO4/c1-5(4-10)8(13)9(6(2)11)7(3)12/h10H,1,4H2,2-3H3. The van der Waals surface area contributed by atoms with E-state index in [9.17, 15) is 14.4 Å². The normalized spacial score (nSPS) is 9.15. The van der Waals surface area contributed by atoms with Gasteiger partial charge in [-0.1, -0.05) is 6.58 Å². The van der Waals surface area contributed by atoms with Gasteiger partial charge >= 0.3 is 0 Å². The van der Waals surface area contributed by atoms with Crippen LogP contribution in [0.25, 0.3) is 0 Å². The minimum absolute atomic E-state index is 0.189. The van der Waals surface area contributed by atoms with Gasteiger partial charge in [0.1, 0.15) is 0 Å². The molecule has 0 fully saturated rings. The molecule has 0 aromatic carbocycles. The van der Waals surface area contributed by atoms with E-state index in [1.54, 1.807) is 0 Å². The van der Waals surface area contributed by atoms with Crippen LogP contribution in [0.3, 0.4) is 0 Å². The minimum atomic E-state index is -0.859. The second-order valence-corrected chi connectivity index (χ2v) is 2.44. The van der Waals surface area contributed by atoms with Crippen LogP contribution >= 0.6 is 0 Å². The number of hydrogen-bond donors (Lipinski definition) is 1. The zero-order chi connectivity index (χ0) is 10.6. The SMILES string of the molecule is C=C(CO)C(=O)N(C(C)=O)C(C)=O. The zero-order valence-corrected chi connectivity index (χ0v) is 7.53. The molecule has 1 N–H and O–H groups in total. The van der Waals surface area contributed by atoms with Gasteiger partial charge in [0.15, 0.2) is 0 Å². The fraction of sp³-hybridized carbons (Fsp3) is 0.375. The van der Waals surface area contributed by atoms with Crippen LogP contribution in [0.15, 0.2) is 12.2 Å². The molecule has 13 heavy (non-hydrogen) atoms. The Labute approximate surface area is 75.6 Å². The predicted molar refractivity (Wildman–Crippen MR) is 44.4 cm³/mol. The number of aliphatic hydroxyl groups excluding tert-OH is 1. The second kappa shape index (κ2) is 4.51. The molecule has 0 bridgehead atoms. The number of aliphatic hydroxyl groups is 1. The molecule has 0 saturated heterocycles. The highest BCUT2D eigenvalue weighted by atomic mass is 16.3. The predicted octanol–water partition coefficient (Wildman–Crippen LogP) is -0.543. The summed E-state index contributed by atoms with van der Waals surface area (Å²) in [5, 5.41) is 8.55. The first kappa shape index (κ1) is 11.5. The Kier molecular flexibility index (Phi) is 4.00. The highest BCUT2D eigenvalue weighted by Crippen LogP contribution is 2.00. The molecular weight excluding hydrogens is 174 g/mol. The summed E-state index contributed by atoms with van der Waals surface area (Å²) in [7, 11) is 0. The van der Waals surface area contributed by atoms with Gasteiger partial charge in [0.05, 0.1) is 6.61 Å². The molecule has 5 nitrogen and oxygen atoms in total. The van der Waals surface area contributed by atoms with Crippen molar-refractivity contribution in [2.45, 2.75) is 13.8 Å². The van der Waals surface area contributed by atoms with Gasteiger partial charge in [0.2, 0.25) is 11.8 Å². The van der Waals surface area contributed by atoms with Crippen LogP contribution in [-0.2, 0) is 14.4 Å². The van der Waals surface area contributed by atoms with Crippen molar-refractivity contribution in [1.82, 2.24) is 4.90 Å². The molecule has 5 heteroatoms. The topological polar surface area (TPSA) is 74.7 Å². The monoisotopic (exact) mass is 185 g/mol. The third-order valence-electron chi connectivity index (χ3n) is 1.33. The van der Waals surface area contributed by atoms with E-state index in [2.05, 4.69) is 6.58 Å². The first-order valence-electron chi connectivity index (χ1n) is 3.56. The average molecular weight is 185 g/mol. The van der Waals surface area contributed by atoms with Gasteiger partial charge in [-0.05, 0) is 0 Å². The maximum atomic E-state index is 11.2. The maximum Gasteiger partial charge on any atom is 0.264 e. The molecule has 0 heterocycles. The Hall–Kier alpha value is -1.49. The lowest BCUT2D eigenvalue weighted by atomic mass is 10.2. The number of imide groups is 3. The number of amides is 3. The first-order chi connectivity index (χ1) is 5.91. The molecule has 0 atom stereocenters. The van der Waals surface area contributed by atoms with E-state index in [0.717, 1.165) is 13.8 Å². The van der Waals surface area contributed by atoms with Crippen LogP contribution in [0.5, 0.6) is 0 Å². The highest BCUT2D eigenvalue weighted by molar-refractivity contribution is 6.14. The van der Waals surface area contributed by atoms with Crippen molar-refractivity contribution in [3.05, 3.63) is 12.2 Å². The van der Waals surface area contributed by atoms with Gasteiger partial charge in [0.25, 0.3) is 5.91 Å². The van der Waals surface area contributed by atoms with Crippen molar-refractivity contribution in [2.24, 2.45) is 0 Å². The Morgan fingerprint density at radius 2 is 1.62 bits per heavy atom. The average Bonchev–Trinajstić information content (AvgIpc) is 2.01. The third-order valence-corrected chi connectivity index (χ3v) is 1.33. The first-order valence-corrected chi connectivity index (χ1v) is 3.56. The van der Waals surface area contributed by atoms with Crippen molar-refractivity contribution in [1.29, 1.82) is 0 Å². The van der Waals surface area contributed by atoms with E-state index >= 15 is 0 Å². The molecule has 0 aromatic heterocycles. The van der Waals surface area contributed by atoms with Crippen LogP contribution in [0.2, 0.25) is 0 Å². The minimum Gasteiger partial charge on any atom is -0.391 e. The summed E-state index contributed by atoms with van der Waals surface area (Å²) in [4.78, 5) is 33.2. The molecule has 0 rings (SSSR count). The van der Waals surface area contributed by atoms with Gasteiger partial charge in [-0.2, -0.15) is 0 Å². The van der Waals surface area contributed by atoms with Gasteiger partial charge in [-0.3, -0.25) is 14.4 Å². The maximum absolute atomic E-state index is 11.2. The highest BCUT2D eigenvalue weighted by Gasteiger charge is 2.23. The largest absolute Gasteiger partial charge is 0.391 e. The van der Waals surface area contributed by atoms with E-state index in [-0.39, 0.29) is 5.57 Å². The van der Waals surface area contributed by atoms with E-state index in [4.69, 9.17) is 5.11 Å². The lowest BCUT2D eigenvalue weighted by Crippen LogP contribution is -2.40. The van der Waals surface area contributed by atoms with E-state index < -0.39 is 24.3 Å². The third kappa shape index (κ3) is 2.79. The van der Waals surface area contributed by atoms with Gasteiger partial charge in [0, 0.05) is 19.4 Å². The molecule has 0 aliphatic carbocycles. The van der Waals surface area contributed by atoms with Crippen molar-refractivity contribution < 1.29 is 19.5 Å². The molecule has 72 valence electrons. The summed E-state index contributed by atoms with van der Waals surface area (Å²) in [5.41, 5.74) is -0.189. The summed E-state index contributed by atoms with van der Waals surface area (Å²) in [6, 6.07) is 0. The van der Waals surface area contributed by atoms with Crippen molar-refractivity contribution in [3.8, 4) is 0 Å². The summed E-state index contributed by atoms with van der Waals surface area (Å²) in [6.45, 7) is 4.81. The summed E-state index contributed by atoms with van der Waals surface area (Å²) in [6.07, 6.45) is 0. The van der Waals surface area contributed by atoms with E-state index in [1.807, 2.05) is 0 Å². The van der Waals surface area contributed by atoms with Crippen molar-refractivity contribution in [2.75, 3.05) is 6.61 Å². The smallest absolute Gasteiger partial charge is 0.264 e. The fourth-order valence-electron chi connectivity index (χ4n) is 0.733. The Morgan fingerprint density at radius 1 is 1.23 bits per heavy atom. The van der Waals surface area contributed by atoms with Gasteiger partial charge < -0.3 is 5.11 Å². The van der Waals surface area contributed by atoms with Crippen LogP contribution in [-0.4, -0.2) is 34.3 Å². The van der Waals surface area contributed by atoms with Gasteiger partial charge in [-0.25, -0.2) is 4.90 Å². The lowest BCUT2D eigenvalue weighted by molar-refractivity contribution is -0.150. The summed E-state index contributed by atoms with van der Waals surface area (Å²) >= 11 is 0. The zero-order valence-electron chi connectivity index (χ0n) is 7.53. The molecular formula is C8H11NO4. The Balaban J connectivity index is 4.77. The molecule has 0 aromatic rings. The van der Waals surface area contributed by atoms with Crippen LogP contribution < -0.4 is 0 Å². The van der Waals surface area contributed by atoms with Crippen LogP contribution in [0.4, 0.5) is 0 Å². The summed E-state index contributed by atoms with van der Waals surface area (Å²) in [5.74, 6) is -2.23.